The van der Waals surface area contributed by atoms with Crippen LogP contribution in [-0.4, -0.2) is 24.5 Å². The zero-order chi connectivity index (χ0) is 19.6. The van der Waals surface area contributed by atoms with E-state index >= 15 is 0 Å². The Kier molecular flexibility index (Phi) is 4.57. The standard InChI is InChI=1S/C22H19N5OS/c29-22-25-20(17-8-1-3-11-23-17)21(27(22)15-16-7-6-14-28-16)18-9-5-13-26(18)19-10-2-4-12-24-19/h1-14,20-21H,15H2,(H,25,29)/t20-,21-/m0/s1. The van der Waals surface area contributed by atoms with Gasteiger partial charge in [-0.2, -0.15) is 0 Å². The van der Waals surface area contributed by atoms with Gasteiger partial charge in [-0.3, -0.25) is 4.98 Å². The van der Waals surface area contributed by atoms with E-state index in [4.69, 9.17) is 16.6 Å². The summed E-state index contributed by atoms with van der Waals surface area (Å²) in [6.07, 6.45) is 7.32. The molecule has 5 rings (SSSR count). The number of pyridine rings is 2. The molecule has 0 aromatic carbocycles. The van der Waals surface area contributed by atoms with Gasteiger partial charge in [0.25, 0.3) is 0 Å². The van der Waals surface area contributed by atoms with Crippen LogP contribution in [0, 0.1) is 0 Å². The molecule has 5 heterocycles. The SMILES string of the molecule is S=C1N[C@@H](c2ccccn2)[C@H](c2cccn2-c2ccccn2)N1Cc1ccco1. The van der Waals surface area contributed by atoms with Crippen LogP contribution in [-0.2, 0) is 6.54 Å². The Bertz CT molecular complexity index is 1090. The molecule has 0 aliphatic carbocycles. The maximum atomic E-state index is 5.72. The Balaban J connectivity index is 1.61. The van der Waals surface area contributed by atoms with Gasteiger partial charge in [0.1, 0.15) is 11.6 Å². The lowest BCUT2D eigenvalue weighted by molar-refractivity contribution is 0.280. The molecule has 0 spiro atoms. The highest BCUT2D eigenvalue weighted by Crippen LogP contribution is 2.40. The summed E-state index contributed by atoms with van der Waals surface area (Å²) in [5.41, 5.74) is 2.02. The van der Waals surface area contributed by atoms with Crippen LogP contribution in [0.4, 0.5) is 0 Å². The van der Waals surface area contributed by atoms with Gasteiger partial charge in [0.2, 0.25) is 0 Å². The first-order valence-corrected chi connectivity index (χ1v) is 9.81. The molecule has 0 saturated carbocycles. The van der Waals surface area contributed by atoms with Crippen molar-refractivity contribution in [2.24, 2.45) is 0 Å². The van der Waals surface area contributed by atoms with E-state index in [1.807, 2.05) is 67.0 Å². The quantitative estimate of drug-likeness (QED) is 0.510. The number of nitrogens with one attached hydrogen (secondary N) is 1. The Morgan fingerprint density at radius 2 is 1.83 bits per heavy atom. The highest BCUT2D eigenvalue weighted by molar-refractivity contribution is 7.80. The topological polar surface area (TPSA) is 59.1 Å². The summed E-state index contributed by atoms with van der Waals surface area (Å²) < 4.78 is 7.70. The minimum Gasteiger partial charge on any atom is -0.467 e. The van der Waals surface area contributed by atoms with E-state index in [-0.39, 0.29) is 12.1 Å². The van der Waals surface area contributed by atoms with Crippen molar-refractivity contribution in [1.82, 2.24) is 24.8 Å². The average molecular weight is 401 g/mol. The zero-order valence-corrected chi connectivity index (χ0v) is 16.4. The third-order valence-corrected chi connectivity index (χ3v) is 5.44. The summed E-state index contributed by atoms with van der Waals surface area (Å²) in [6, 6.07) is 19.7. The van der Waals surface area contributed by atoms with Crippen molar-refractivity contribution in [2.45, 2.75) is 18.6 Å². The van der Waals surface area contributed by atoms with Crippen LogP contribution in [0.3, 0.4) is 0 Å². The molecule has 1 N–H and O–H groups in total. The molecule has 0 bridgehead atoms. The minimum absolute atomic E-state index is 0.0699. The number of rotatable bonds is 5. The van der Waals surface area contributed by atoms with Gasteiger partial charge in [-0.15, -0.1) is 0 Å². The van der Waals surface area contributed by atoms with Gasteiger partial charge in [0, 0.05) is 24.3 Å². The van der Waals surface area contributed by atoms with E-state index in [2.05, 4.69) is 30.8 Å². The molecular weight excluding hydrogens is 382 g/mol. The Hall–Kier alpha value is -3.45. The average Bonchev–Trinajstić information content (AvgIpc) is 3.51. The van der Waals surface area contributed by atoms with Crippen LogP contribution in [0.2, 0.25) is 0 Å². The summed E-state index contributed by atoms with van der Waals surface area (Å²) in [4.78, 5) is 11.3. The van der Waals surface area contributed by atoms with Crippen molar-refractivity contribution in [3.05, 3.63) is 103 Å². The fourth-order valence-electron chi connectivity index (χ4n) is 3.81. The largest absolute Gasteiger partial charge is 0.467 e. The monoisotopic (exact) mass is 401 g/mol. The van der Waals surface area contributed by atoms with E-state index in [0.717, 1.165) is 23.0 Å². The number of aromatic nitrogens is 3. The fourth-order valence-corrected chi connectivity index (χ4v) is 4.11. The molecule has 1 aliphatic rings. The Labute approximate surface area is 173 Å². The third kappa shape index (κ3) is 3.30. The first-order valence-electron chi connectivity index (χ1n) is 9.40. The van der Waals surface area contributed by atoms with Gasteiger partial charge in [-0.05, 0) is 60.7 Å². The van der Waals surface area contributed by atoms with Crippen molar-refractivity contribution in [2.75, 3.05) is 0 Å². The lowest BCUT2D eigenvalue weighted by Gasteiger charge is -2.28. The molecule has 4 aromatic heterocycles. The molecular formula is C22H19N5OS. The summed E-state index contributed by atoms with van der Waals surface area (Å²) in [6.45, 7) is 0.570. The maximum Gasteiger partial charge on any atom is 0.170 e. The number of hydrogen-bond donors (Lipinski definition) is 1. The summed E-state index contributed by atoms with van der Waals surface area (Å²) in [5, 5.41) is 4.15. The summed E-state index contributed by atoms with van der Waals surface area (Å²) in [7, 11) is 0. The third-order valence-electron chi connectivity index (χ3n) is 5.08. The van der Waals surface area contributed by atoms with E-state index in [0.29, 0.717) is 11.7 Å². The lowest BCUT2D eigenvalue weighted by Crippen LogP contribution is -2.29. The first-order chi connectivity index (χ1) is 14.3. The summed E-state index contributed by atoms with van der Waals surface area (Å²) in [5.74, 6) is 1.72. The molecule has 2 atom stereocenters. The normalized spacial score (nSPS) is 18.8. The number of furan rings is 1. The second-order valence-corrected chi connectivity index (χ2v) is 7.21. The molecule has 0 radical (unpaired) electrons. The van der Waals surface area contributed by atoms with E-state index in [1.165, 1.54) is 0 Å². The Morgan fingerprint density at radius 1 is 0.966 bits per heavy atom. The van der Waals surface area contributed by atoms with Gasteiger partial charge in [0.15, 0.2) is 5.11 Å². The molecule has 0 unspecified atom stereocenters. The van der Waals surface area contributed by atoms with Crippen molar-refractivity contribution < 1.29 is 4.42 Å². The fraction of sp³-hybridized carbons (Fsp3) is 0.136. The van der Waals surface area contributed by atoms with Crippen molar-refractivity contribution in [3.63, 3.8) is 0 Å². The molecule has 6 nitrogen and oxygen atoms in total. The maximum absolute atomic E-state index is 5.72. The molecule has 0 amide bonds. The first kappa shape index (κ1) is 17.6. The molecule has 7 heteroatoms. The van der Waals surface area contributed by atoms with E-state index < -0.39 is 0 Å². The van der Waals surface area contributed by atoms with Crippen molar-refractivity contribution in [3.8, 4) is 5.82 Å². The van der Waals surface area contributed by atoms with Crippen LogP contribution in [0.1, 0.15) is 29.2 Å². The van der Waals surface area contributed by atoms with Crippen molar-refractivity contribution in [1.29, 1.82) is 0 Å². The Morgan fingerprint density at radius 3 is 2.55 bits per heavy atom. The highest BCUT2D eigenvalue weighted by Gasteiger charge is 2.41. The number of thiocarbonyl (C=S) groups is 1. The zero-order valence-electron chi connectivity index (χ0n) is 15.6. The van der Waals surface area contributed by atoms with Crippen LogP contribution in [0.15, 0.2) is 89.9 Å². The van der Waals surface area contributed by atoms with Crippen LogP contribution in [0.25, 0.3) is 5.82 Å². The van der Waals surface area contributed by atoms with Crippen LogP contribution >= 0.6 is 12.2 Å². The molecule has 144 valence electrons. The predicted molar refractivity (Wildman–Crippen MR) is 113 cm³/mol. The van der Waals surface area contributed by atoms with Gasteiger partial charge in [-0.25, -0.2) is 4.98 Å². The van der Waals surface area contributed by atoms with Gasteiger partial charge in [-0.1, -0.05) is 12.1 Å². The predicted octanol–water partition coefficient (Wildman–Crippen LogP) is 4.03. The van der Waals surface area contributed by atoms with Gasteiger partial charge >= 0.3 is 0 Å². The van der Waals surface area contributed by atoms with E-state index in [9.17, 15) is 0 Å². The molecule has 1 fully saturated rings. The smallest absolute Gasteiger partial charge is 0.170 e. The molecule has 1 saturated heterocycles. The number of nitrogens with zero attached hydrogens (tertiary/aromatic N) is 4. The second-order valence-electron chi connectivity index (χ2n) is 6.82. The van der Waals surface area contributed by atoms with Gasteiger partial charge in [0.05, 0.1) is 30.6 Å². The van der Waals surface area contributed by atoms with Gasteiger partial charge < -0.3 is 19.2 Å². The second kappa shape index (κ2) is 7.52. The van der Waals surface area contributed by atoms with Crippen molar-refractivity contribution >= 4 is 17.3 Å². The van der Waals surface area contributed by atoms with Crippen LogP contribution < -0.4 is 5.32 Å². The molecule has 29 heavy (non-hydrogen) atoms. The summed E-state index contributed by atoms with van der Waals surface area (Å²) >= 11 is 5.72. The lowest BCUT2D eigenvalue weighted by atomic mass is 10.0. The highest BCUT2D eigenvalue weighted by atomic mass is 32.1. The minimum atomic E-state index is -0.0870. The van der Waals surface area contributed by atoms with E-state index in [1.54, 1.807) is 12.5 Å². The number of hydrogen-bond acceptors (Lipinski definition) is 4. The molecule has 4 aromatic rings. The molecule has 1 aliphatic heterocycles. The van der Waals surface area contributed by atoms with Crippen LogP contribution in [0.5, 0.6) is 0 Å².